The molecule has 0 rings (SSSR count). The maximum atomic E-state index is 10.4. The van der Waals surface area contributed by atoms with Gasteiger partial charge in [0.25, 0.3) is 0 Å². The van der Waals surface area contributed by atoms with Gasteiger partial charge >= 0.3 is 5.97 Å². The first kappa shape index (κ1) is 24.9. The van der Waals surface area contributed by atoms with Crippen LogP contribution >= 0.6 is 15.9 Å². The lowest BCUT2D eigenvalue weighted by Crippen LogP contribution is -1.97. The molecule has 0 aliphatic carbocycles. The second-order valence-electron chi connectivity index (χ2n) is 7.62. The SMILES string of the molecule is CCCCCCCCC(Br)CCCCCCCCCCCCC(=O)O. The Hall–Kier alpha value is -0.0500. The Bertz CT molecular complexity index is 281. The smallest absolute Gasteiger partial charge is 0.303 e. The van der Waals surface area contributed by atoms with E-state index in [1.165, 1.54) is 103 Å². The molecule has 0 aromatic carbocycles. The average Bonchev–Trinajstić information content (AvgIpc) is 2.58. The number of halogens is 1. The summed E-state index contributed by atoms with van der Waals surface area (Å²) in [7, 11) is 0. The van der Waals surface area contributed by atoms with Gasteiger partial charge in [0, 0.05) is 11.2 Å². The van der Waals surface area contributed by atoms with Gasteiger partial charge < -0.3 is 5.11 Å². The van der Waals surface area contributed by atoms with Crippen molar-refractivity contribution in [2.75, 3.05) is 0 Å². The third-order valence-corrected chi connectivity index (χ3v) is 5.94. The summed E-state index contributed by atoms with van der Waals surface area (Å²) in [6, 6.07) is 0. The maximum absolute atomic E-state index is 10.4. The van der Waals surface area contributed by atoms with Crippen LogP contribution < -0.4 is 0 Å². The topological polar surface area (TPSA) is 37.3 Å². The summed E-state index contributed by atoms with van der Waals surface area (Å²) in [5, 5.41) is 8.57. The van der Waals surface area contributed by atoms with Crippen LogP contribution in [0.3, 0.4) is 0 Å². The zero-order valence-electron chi connectivity index (χ0n) is 16.7. The van der Waals surface area contributed by atoms with Crippen LogP contribution in [0.4, 0.5) is 0 Å². The maximum Gasteiger partial charge on any atom is 0.303 e. The number of alkyl halides is 1. The fourth-order valence-electron chi connectivity index (χ4n) is 3.35. The molecular weight excluding hydrogens is 376 g/mol. The molecule has 0 saturated heterocycles. The first-order valence-electron chi connectivity index (χ1n) is 11.0. The van der Waals surface area contributed by atoms with Crippen molar-refractivity contribution in [1.82, 2.24) is 0 Å². The number of rotatable bonds is 20. The normalized spacial score (nSPS) is 12.4. The minimum atomic E-state index is -0.655. The summed E-state index contributed by atoms with van der Waals surface area (Å²) >= 11 is 3.86. The Labute approximate surface area is 165 Å². The van der Waals surface area contributed by atoms with E-state index in [1.807, 2.05) is 0 Å². The molecule has 0 amide bonds. The van der Waals surface area contributed by atoms with Gasteiger partial charge in [-0.25, -0.2) is 0 Å². The number of hydrogen-bond donors (Lipinski definition) is 1. The molecule has 2 nitrogen and oxygen atoms in total. The average molecular weight is 419 g/mol. The van der Waals surface area contributed by atoms with E-state index in [-0.39, 0.29) is 0 Å². The van der Waals surface area contributed by atoms with Crippen molar-refractivity contribution in [1.29, 1.82) is 0 Å². The molecule has 1 atom stereocenters. The lowest BCUT2D eigenvalue weighted by atomic mass is 10.0. The molecule has 1 N–H and O–H groups in total. The summed E-state index contributed by atoms with van der Waals surface area (Å²) in [6.07, 6.45) is 24.1. The van der Waals surface area contributed by atoms with Crippen LogP contribution in [0, 0.1) is 0 Å². The number of aliphatic carboxylic acids is 1. The fraction of sp³-hybridized carbons (Fsp3) is 0.955. The molecule has 0 aromatic heterocycles. The van der Waals surface area contributed by atoms with Crippen molar-refractivity contribution in [3.05, 3.63) is 0 Å². The fourth-order valence-corrected chi connectivity index (χ4v) is 3.99. The molecular formula is C22H43BrO2. The zero-order valence-corrected chi connectivity index (χ0v) is 18.3. The van der Waals surface area contributed by atoms with E-state index in [0.717, 1.165) is 17.7 Å². The monoisotopic (exact) mass is 418 g/mol. The van der Waals surface area contributed by atoms with Crippen molar-refractivity contribution in [2.45, 2.75) is 134 Å². The summed E-state index contributed by atoms with van der Waals surface area (Å²) < 4.78 is 0. The molecule has 25 heavy (non-hydrogen) atoms. The molecule has 0 radical (unpaired) electrons. The highest BCUT2D eigenvalue weighted by molar-refractivity contribution is 9.09. The Kier molecular flexibility index (Phi) is 20.2. The van der Waals surface area contributed by atoms with Crippen molar-refractivity contribution < 1.29 is 9.90 Å². The van der Waals surface area contributed by atoms with E-state index < -0.39 is 5.97 Å². The minimum absolute atomic E-state index is 0.341. The Morgan fingerprint density at radius 3 is 1.44 bits per heavy atom. The molecule has 0 fully saturated rings. The largest absolute Gasteiger partial charge is 0.481 e. The van der Waals surface area contributed by atoms with Crippen molar-refractivity contribution in [3.8, 4) is 0 Å². The first-order valence-corrected chi connectivity index (χ1v) is 11.9. The second kappa shape index (κ2) is 20.3. The van der Waals surface area contributed by atoms with E-state index in [2.05, 4.69) is 22.9 Å². The molecule has 0 heterocycles. The van der Waals surface area contributed by atoms with Crippen molar-refractivity contribution in [2.24, 2.45) is 0 Å². The Morgan fingerprint density at radius 2 is 1.04 bits per heavy atom. The number of carboxylic acids is 1. The third-order valence-electron chi connectivity index (χ3n) is 5.03. The van der Waals surface area contributed by atoms with Gasteiger partial charge in [0.15, 0.2) is 0 Å². The van der Waals surface area contributed by atoms with E-state index >= 15 is 0 Å². The summed E-state index contributed by atoms with van der Waals surface area (Å²) in [5.74, 6) is -0.655. The molecule has 0 aliphatic rings. The van der Waals surface area contributed by atoms with Crippen LogP contribution in [0.1, 0.15) is 129 Å². The first-order chi connectivity index (χ1) is 12.2. The Balaban J connectivity index is 3.13. The van der Waals surface area contributed by atoms with Crippen LogP contribution in [0.2, 0.25) is 0 Å². The molecule has 1 unspecified atom stereocenters. The quantitative estimate of drug-likeness (QED) is 0.159. The molecule has 0 bridgehead atoms. The van der Waals surface area contributed by atoms with E-state index in [0.29, 0.717) is 6.42 Å². The third kappa shape index (κ3) is 21.9. The van der Waals surface area contributed by atoms with Gasteiger partial charge in [-0.2, -0.15) is 0 Å². The molecule has 3 heteroatoms. The minimum Gasteiger partial charge on any atom is -0.481 e. The van der Waals surface area contributed by atoms with Crippen molar-refractivity contribution >= 4 is 21.9 Å². The highest BCUT2D eigenvalue weighted by atomic mass is 79.9. The summed E-state index contributed by atoms with van der Waals surface area (Å²) in [5.41, 5.74) is 0. The molecule has 0 saturated carbocycles. The van der Waals surface area contributed by atoms with E-state index in [9.17, 15) is 4.79 Å². The molecule has 0 aromatic rings. The zero-order chi connectivity index (χ0) is 18.6. The predicted octanol–water partition coefficient (Wildman–Crippen LogP) is 8.27. The summed E-state index contributed by atoms with van der Waals surface area (Å²) in [6.45, 7) is 2.28. The lowest BCUT2D eigenvalue weighted by Gasteiger charge is -2.09. The van der Waals surface area contributed by atoms with Crippen LogP contribution in [0.5, 0.6) is 0 Å². The highest BCUT2D eigenvalue weighted by Gasteiger charge is 2.03. The number of carbonyl (C=O) groups is 1. The molecule has 0 spiro atoms. The number of hydrogen-bond acceptors (Lipinski definition) is 1. The Morgan fingerprint density at radius 1 is 0.680 bits per heavy atom. The van der Waals surface area contributed by atoms with Gasteiger partial charge in [-0.05, 0) is 19.3 Å². The van der Waals surface area contributed by atoms with E-state index in [1.54, 1.807) is 0 Å². The van der Waals surface area contributed by atoms with Gasteiger partial charge in [-0.3, -0.25) is 4.79 Å². The predicted molar refractivity (Wildman–Crippen MR) is 114 cm³/mol. The highest BCUT2D eigenvalue weighted by Crippen LogP contribution is 2.19. The molecule has 0 aliphatic heterocycles. The van der Waals surface area contributed by atoms with Gasteiger partial charge in [0.2, 0.25) is 0 Å². The van der Waals surface area contributed by atoms with Crippen LogP contribution in [0.15, 0.2) is 0 Å². The number of carboxylic acid groups (broad SMARTS) is 1. The van der Waals surface area contributed by atoms with E-state index in [4.69, 9.17) is 5.11 Å². The van der Waals surface area contributed by atoms with Crippen LogP contribution in [-0.2, 0) is 4.79 Å². The standard InChI is InChI=1S/C22H43BrO2/c1-2-3-4-5-12-15-18-21(23)19-16-13-10-8-6-7-9-11-14-17-20-22(24)25/h21H,2-20H2,1H3,(H,24,25). The van der Waals surface area contributed by atoms with Gasteiger partial charge in [0.1, 0.15) is 0 Å². The van der Waals surface area contributed by atoms with Crippen LogP contribution in [0.25, 0.3) is 0 Å². The number of unbranched alkanes of at least 4 members (excludes halogenated alkanes) is 14. The van der Waals surface area contributed by atoms with Crippen molar-refractivity contribution in [3.63, 3.8) is 0 Å². The van der Waals surface area contributed by atoms with Crippen LogP contribution in [-0.4, -0.2) is 15.9 Å². The van der Waals surface area contributed by atoms with Gasteiger partial charge in [-0.15, -0.1) is 0 Å². The summed E-state index contributed by atoms with van der Waals surface area (Å²) in [4.78, 5) is 11.1. The van der Waals surface area contributed by atoms with Gasteiger partial charge in [0.05, 0.1) is 0 Å². The van der Waals surface area contributed by atoms with Gasteiger partial charge in [-0.1, -0.05) is 119 Å². The lowest BCUT2D eigenvalue weighted by molar-refractivity contribution is -0.137. The second-order valence-corrected chi connectivity index (χ2v) is 8.92. The molecule has 150 valence electrons.